The molecule has 1 aliphatic carbocycles. The van der Waals surface area contributed by atoms with Crippen molar-refractivity contribution < 1.29 is 19.7 Å². The molecule has 0 aromatic carbocycles. The Bertz CT molecular complexity index is 556. The van der Waals surface area contributed by atoms with Crippen molar-refractivity contribution in [2.75, 3.05) is 12.3 Å². The minimum Gasteiger partial charge on any atom is -0.392 e. The van der Waals surface area contributed by atoms with E-state index in [2.05, 4.69) is 4.98 Å². The normalized spacial score (nSPS) is 27.9. The van der Waals surface area contributed by atoms with Crippen molar-refractivity contribution in [2.45, 2.75) is 18.2 Å². The van der Waals surface area contributed by atoms with Gasteiger partial charge in [-0.25, -0.2) is 9.18 Å². The second kappa shape index (κ2) is 4.48. The maximum absolute atomic E-state index is 13.9. The molecule has 18 heavy (non-hydrogen) atoms. The molecular formula is C10H12FN3O4. The van der Waals surface area contributed by atoms with Crippen molar-refractivity contribution >= 4 is 5.82 Å². The molecule has 0 saturated carbocycles. The predicted octanol–water partition coefficient (Wildman–Crippen LogP) is -1.68. The molecule has 0 saturated heterocycles. The zero-order valence-corrected chi connectivity index (χ0v) is 9.19. The van der Waals surface area contributed by atoms with E-state index < -0.39 is 36.4 Å². The quantitative estimate of drug-likeness (QED) is 0.502. The highest BCUT2D eigenvalue weighted by molar-refractivity contribution is 5.30. The smallest absolute Gasteiger partial charge is 0.350 e. The van der Waals surface area contributed by atoms with Crippen LogP contribution in [0.1, 0.15) is 6.04 Å². The molecule has 0 spiro atoms. The van der Waals surface area contributed by atoms with Crippen LogP contribution in [0.2, 0.25) is 0 Å². The van der Waals surface area contributed by atoms with E-state index in [9.17, 15) is 19.4 Å². The zero-order chi connectivity index (χ0) is 13.4. The van der Waals surface area contributed by atoms with Gasteiger partial charge >= 0.3 is 5.69 Å². The second-order valence-corrected chi connectivity index (χ2v) is 3.95. The van der Waals surface area contributed by atoms with E-state index in [0.29, 0.717) is 0 Å². The lowest BCUT2D eigenvalue weighted by Gasteiger charge is -2.19. The van der Waals surface area contributed by atoms with Gasteiger partial charge in [0, 0.05) is 11.8 Å². The molecule has 8 heteroatoms. The molecule has 0 bridgehead atoms. The van der Waals surface area contributed by atoms with Gasteiger partial charge in [0.05, 0.1) is 6.61 Å². The van der Waals surface area contributed by atoms with Crippen molar-refractivity contribution in [3.8, 4) is 0 Å². The van der Waals surface area contributed by atoms with Crippen LogP contribution in [-0.2, 0) is 0 Å². The number of aliphatic hydroxyl groups excluding tert-OH is 3. The maximum atomic E-state index is 13.9. The van der Waals surface area contributed by atoms with E-state index in [0.717, 1.165) is 4.57 Å². The predicted molar refractivity (Wildman–Crippen MR) is 59.2 cm³/mol. The first-order valence-electron chi connectivity index (χ1n) is 5.17. The third-order valence-electron chi connectivity index (χ3n) is 2.89. The van der Waals surface area contributed by atoms with Gasteiger partial charge in [-0.1, -0.05) is 0 Å². The van der Waals surface area contributed by atoms with Crippen molar-refractivity contribution in [1.29, 1.82) is 0 Å². The molecule has 1 heterocycles. The molecule has 5 N–H and O–H groups in total. The van der Waals surface area contributed by atoms with Crippen molar-refractivity contribution in [3.63, 3.8) is 0 Å². The van der Waals surface area contributed by atoms with E-state index in [1.54, 1.807) is 0 Å². The van der Waals surface area contributed by atoms with Crippen LogP contribution in [0.3, 0.4) is 0 Å². The lowest BCUT2D eigenvalue weighted by atomic mass is 10.1. The summed E-state index contributed by atoms with van der Waals surface area (Å²) in [6, 6.07) is -0.132. The second-order valence-electron chi connectivity index (χ2n) is 3.95. The monoisotopic (exact) mass is 257 g/mol. The summed E-state index contributed by atoms with van der Waals surface area (Å²) in [5.41, 5.74) is 4.11. The van der Waals surface area contributed by atoms with Crippen LogP contribution in [0.15, 0.2) is 28.5 Å². The third-order valence-corrected chi connectivity index (χ3v) is 2.89. The van der Waals surface area contributed by atoms with Crippen molar-refractivity contribution in [3.05, 3.63) is 34.1 Å². The van der Waals surface area contributed by atoms with Gasteiger partial charge < -0.3 is 21.1 Å². The lowest BCUT2D eigenvalue weighted by Crippen LogP contribution is -2.36. The Kier molecular flexibility index (Phi) is 3.16. The summed E-state index contributed by atoms with van der Waals surface area (Å²) in [6.07, 6.45) is -1.94. The van der Waals surface area contributed by atoms with Gasteiger partial charge in [0.2, 0.25) is 0 Å². The number of hydrogen-bond donors (Lipinski definition) is 4. The van der Waals surface area contributed by atoms with E-state index in [-0.39, 0.29) is 11.4 Å². The number of nitrogen functional groups attached to an aromatic ring is 1. The molecule has 98 valence electrons. The lowest BCUT2D eigenvalue weighted by molar-refractivity contribution is 0.0244. The molecule has 0 amide bonds. The molecule has 0 aliphatic heterocycles. The Morgan fingerprint density at radius 1 is 1.50 bits per heavy atom. The fourth-order valence-corrected chi connectivity index (χ4v) is 1.95. The zero-order valence-electron chi connectivity index (χ0n) is 9.19. The van der Waals surface area contributed by atoms with E-state index in [4.69, 9.17) is 10.8 Å². The number of hydrogen-bond acceptors (Lipinski definition) is 6. The maximum Gasteiger partial charge on any atom is 0.350 e. The molecule has 1 aliphatic rings. The van der Waals surface area contributed by atoms with Gasteiger partial charge in [-0.15, -0.1) is 0 Å². The first kappa shape index (κ1) is 12.7. The van der Waals surface area contributed by atoms with Gasteiger partial charge in [-0.3, -0.25) is 4.57 Å². The van der Waals surface area contributed by atoms with Gasteiger partial charge in [-0.2, -0.15) is 4.98 Å². The number of halogens is 1. The standard InChI is InChI=1S/C10H12FN3O4/c11-6-4(3-15)8(16)9(17)7(6)14-2-1-5(12)13-10(14)18/h1-2,7-9,15-17H,3H2,(H2,12,13,18)/t7?,8-,9+/m1/s1. The molecule has 0 fully saturated rings. The van der Waals surface area contributed by atoms with Crippen molar-refractivity contribution in [1.82, 2.24) is 9.55 Å². The average Bonchev–Trinajstić information content (AvgIpc) is 2.52. The number of nitrogens with zero attached hydrogens (tertiary/aromatic N) is 2. The van der Waals surface area contributed by atoms with Crippen LogP contribution >= 0.6 is 0 Å². The molecule has 0 radical (unpaired) electrons. The fourth-order valence-electron chi connectivity index (χ4n) is 1.95. The fraction of sp³-hybridized carbons (Fsp3) is 0.400. The Morgan fingerprint density at radius 2 is 2.17 bits per heavy atom. The van der Waals surface area contributed by atoms with E-state index in [1.165, 1.54) is 12.3 Å². The molecule has 1 aromatic heterocycles. The SMILES string of the molecule is Nc1ccn(C2C(F)=C(CO)[C@@H](O)[C@H]2O)c(=O)n1. The third kappa shape index (κ3) is 1.80. The molecular weight excluding hydrogens is 245 g/mol. The minimum absolute atomic E-state index is 0.0314. The van der Waals surface area contributed by atoms with E-state index in [1.807, 2.05) is 0 Å². The first-order chi connectivity index (χ1) is 8.47. The average molecular weight is 257 g/mol. The van der Waals surface area contributed by atoms with Gasteiger partial charge in [0.25, 0.3) is 0 Å². The Balaban J connectivity index is 2.51. The highest BCUT2D eigenvalue weighted by Crippen LogP contribution is 2.36. The topological polar surface area (TPSA) is 122 Å². The highest BCUT2D eigenvalue weighted by atomic mass is 19.1. The Labute approximate surface area is 101 Å². The summed E-state index contributed by atoms with van der Waals surface area (Å²) in [5, 5.41) is 28.2. The van der Waals surface area contributed by atoms with Crippen LogP contribution in [0, 0.1) is 0 Å². The summed E-state index contributed by atoms with van der Waals surface area (Å²) in [7, 11) is 0. The van der Waals surface area contributed by atoms with Crippen LogP contribution in [0.5, 0.6) is 0 Å². The van der Waals surface area contributed by atoms with Crippen LogP contribution in [-0.4, -0.2) is 43.7 Å². The number of nitrogens with two attached hydrogens (primary N) is 1. The van der Waals surface area contributed by atoms with Crippen LogP contribution in [0.4, 0.5) is 10.2 Å². The summed E-state index contributed by atoms with van der Waals surface area (Å²) in [6.45, 7) is -0.738. The molecule has 3 atom stereocenters. The summed E-state index contributed by atoms with van der Waals surface area (Å²) in [5.74, 6) is -0.970. The molecule has 1 unspecified atom stereocenters. The van der Waals surface area contributed by atoms with Crippen molar-refractivity contribution in [2.24, 2.45) is 0 Å². The first-order valence-corrected chi connectivity index (χ1v) is 5.17. The summed E-state index contributed by atoms with van der Waals surface area (Å²) >= 11 is 0. The highest BCUT2D eigenvalue weighted by Gasteiger charge is 2.43. The number of rotatable bonds is 2. The molecule has 7 nitrogen and oxygen atoms in total. The van der Waals surface area contributed by atoms with Gasteiger partial charge in [0.15, 0.2) is 0 Å². The number of anilines is 1. The summed E-state index contributed by atoms with van der Waals surface area (Å²) in [4.78, 5) is 15.0. The van der Waals surface area contributed by atoms with Crippen LogP contribution < -0.4 is 11.4 Å². The largest absolute Gasteiger partial charge is 0.392 e. The Hall–Kier alpha value is -1.77. The van der Waals surface area contributed by atoms with Crippen LogP contribution in [0.25, 0.3) is 0 Å². The number of aromatic nitrogens is 2. The van der Waals surface area contributed by atoms with Gasteiger partial charge in [0.1, 0.15) is 29.9 Å². The minimum atomic E-state index is -1.56. The Morgan fingerprint density at radius 3 is 2.67 bits per heavy atom. The number of aliphatic hydroxyl groups is 3. The van der Waals surface area contributed by atoms with Gasteiger partial charge in [-0.05, 0) is 6.07 Å². The molecule has 2 rings (SSSR count). The molecule has 1 aromatic rings. The summed E-state index contributed by atoms with van der Waals surface area (Å²) < 4.78 is 14.7. The van der Waals surface area contributed by atoms with E-state index >= 15 is 0 Å².